The predicted molar refractivity (Wildman–Crippen MR) is 128 cm³/mol. The first-order chi connectivity index (χ1) is 15.8. The Bertz CT molecular complexity index is 1220. The topological polar surface area (TPSA) is 29.1 Å². The van der Waals surface area contributed by atoms with Crippen LogP contribution in [0.25, 0.3) is 19.5 Å². The van der Waals surface area contributed by atoms with Crippen LogP contribution in [0.15, 0.2) is 60.0 Å². The molecule has 0 unspecified atom stereocenters. The van der Waals surface area contributed by atoms with E-state index >= 15 is 0 Å². The summed E-state index contributed by atoms with van der Waals surface area (Å²) >= 11 is 5.23. The zero-order chi connectivity index (χ0) is 23.4. The van der Waals surface area contributed by atoms with E-state index in [1.54, 1.807) is 34.0 Å². The summed E-state index contributed by atoms with van der Waals surface area (Å²) in [5.74, 6) is -1.80. The van der Waals surface area contributed by atoms with E-state index < -0.39 is 23.5 Å². The van der Waals surface area contributed by atoms with Crippen LogP contribution in [0, 0.1) is 5.82 Å². The monoisotopic (exact) mass is 509 g/mol. The number of hydrogen-bond acceptors (Lipinski definition) is 4. The summed E-state index contributed by atoms with van der Waals surface area (Å²) < 4.78 is 51.9. The van der Waals surface area contributed by atoms with Crippen molar-refractivity contribution in [2.24, 2.45) is 0 Å². The van der Waals surface area contributed by atoms with Crippen LogP contribution < -0.4 is 5.32 Å². The van der Waals surface area contributed by atoms with Crippen molar-refractivity contribution < 1.29 is 22.4 Å². The smallest absolute Gasteiger partial charge is 0.352 e. The first-order valence-corrected chi connectivity index (χ1v) is 12.7. The van der Waals surface area contributed by atoms with E-state index in [1.807, 2.05) is 6.07 Å². The Morgan fingerprint density at radius 3 is 2.33 bits per heavy atom. The summed E-state index contributed by atoms with van der Waals surface area (Å²) in [7, 11) is 0. The minimum absolute atomic E-state index is 0.310. The molecule has 0 atom stereocenters. The first kappa shape index (κ1) is 23.7. The number of benzene rings is 1. The number of rotatable bonds is 8. The Kier molecular flexibility index (Phi) is 7.31. The predicted octanol–water partition coefficient (Wildman–Crippen LogP) is 8.12. The number of thiophene rings is 3. The second kappa shape index (κ2) is 10.2. The van der Waals surface area contributed by atoms with Crippen molar-refractivity contribution in [1.82, 2.24) is 5.32 Å². The van der Waals surface area contributed by atoms with Gasteiger partial charge in [-0.2, -0.15) is 13.2 Å². The highest BCUT2D eigenvalue weighted by Crippen LogP contribution is 2.39. The lowest BCUT2D eigenvalue weighted by Crippen LogP contribution is -2.25. The number of carbonyl (C=O) groups is 1. The third kappa shape index (κ3) is 6.10. The van der Waals surface area contributed by atoms with Gasteiger partial charge in [0.25, 0.3) is 5.91 Å². The molecular formula is C24H19F4NOS3. The number of amides is 1. The number of carbonyl (C=O) groups excluding carboxylic acids is 1. The number of halogens is 4. The minimum atomic E-state index is -4.70. The standard InChI is InChI=1S/C24H19F4NOS3/c25-17-13-15(12-16(14-17)24(26,27)28)23(30)29-10-2-1-4-18-6-7-21(32-18)22-9-8-20(33-22)19-5-3-11-31-19/h3,5-9,11-14H,1-2,4,10H2,(H,29,30). The molecule has 4 aromatic rings. The Labute approximate surface area is 200 Å². The van der Waals surface area contributed by atoms with Gasteiger partial charge in [-0.05, 0) is 73.2 Å². The summed E-state index contributed by atoms with van der Waals surface area (Å²) in [5.41, 5.74) is -1.50. The van der Waals surface area contributed by atoms with Gasteiger partial charge in [-0.3, -0.25) is 4.79 Å². The summed E-state index contributed by atoms with van der Waals surface area (Å²) in [5, 5.41) is 4.64. The van der Waals surface area contributed by atoms with Crippen molar-refractivity contribution in [2.45, 2.75) is 25.4 Å². The van der Waals surface area contributed by atoms with Crippen molar-refractivity contribution in [1.29, 1.82) is 0 Å². The molecule has 0 saturated carbocycles. The Hall–Kier alpha value is -2.49. The van der Waals surface area contributed by atoms with Gasteiger partial charge in [0, 0.05) is 36.5 Å². The summed E-state index contributed by atoms with van der Waals surface area (Å²) in [6.45, 7) is 0.310. The van der Waals surface area contributed by atoms with E-state index in [0.29, 0.717) is 25.1 Å². The van der Waals surface area contributed by atoms with Crippen LogP contribution in [-0.4, -0.2) is 12.5 Å². The van der Waals surface area contributed by atoms with Crippen molar-refractivity contribution >= 4 is 39.9 Å². The van der Waals surface area contributed by atoms with Crippen molar-refractivity contribution in [2.75, 3.05) is 6.54 Å². The van der Waals surface area contributed by atoms with Crippen molar-refractivity contribution in [3.05, 3.63) is 81.8 Å². The van der Waals surface area contributed by atoms with Crippen LogP contribution in [0.5, 0.6) is 0 Å². The van der Waals surface area contributed by atoms with Gasteiger partial charge in [0.05, 0.1) is 5.56 Å². The van der Waals surface area contributed by atoms with Crippen LogP contribution in [0.4, 0.5) is 17.6 Å². The summed E-state index contributed by atoms with van der Waals surface area (Å²) in [4.78, 5) is 18.3. The molecule has 33 heavy (non-hydrogen) atoms. The highest BCUT2D eigenvalue weighted by molar-refractivity contribution is 7.26. The van der Waals surface area contributed by atoms with Crippen LogP contribution in [0.1, 0.15) is 33.6 Å². The highest BCUT2D eigenvalue weighted by atomic mass is 32.1. The van der Waals surface area contributed by atoms with Gasteiger partial charge < -0.3 is 5.32 Å². The van der Waals surface area contributed by atoms with E-state index in [1.165, 1.54) is 24.4 Å². The fourth-order valence-corrected chi connectivity index (χ4v) is 6.26. The largest absolute Gasteiger partial charge is 0.416 e. The first-order valence-electron chi connectivity index (χ1n) is 10.2. The molecular weight excluding hydrogens is 490 g/mol. The molecule has 0 radical (unpaired) electrons. The van der Waals surface area contributed by atoms with Gasteiger partial charge in [-0.1, -0.05) is 6.07 Å². The molecule has 0 aliphatic rings. The van der Waals surface area contributed by atoms with Gasteiger partial charge in [-0.15, -0.1) is 34.0 Å². The van der Waals surface area contributed by atoms with Gasteiger partial charge in [0.1, 0.15) is 5.82 Å². The lowest BCUT2D eigenvalue weighted by molar-refractivity contribution is -0.137. The molecule has 172 valence electrons. The quantitative estimate of drug-likeness (QED) is 0.189. The molecule has 0 bridgehead atoms. The number of nitrogens with one attached hydrogen (secondary N) is 1. The Balaban J connectivity index is 1.25. The fourth-order valence-electron chi connectivity index (χ4n) is 3.28. The van der Waals surface area contributed by atoms with E-state index in [4.69, 9.17) is 0 Å². The van der Waals surface area contributed by atoms with Crippen LogP contribution in [0.3, 0.4) is 0 Å². The van der Waals surface area contributed by atoms with E-state index in [9.17, 15) is 22.4 Å². The summed E-state index contributed by atoms with van der Waals surface area (Å²) in [6.07, 6.45) is -2.36. The van der Waals surface area contributed by atoms with Gasteiger partial charge >= 0.3 is 6.18 Å². The molecule has 9 heteroatoms. The molecule has 0 saturated heterocycles. The maximum Gasteiger partial charge on any atom is 0.416 e. The van der Waals surface area contributed by atoms with Gasteiger partial charge in [0.2, 0.25) is 0 Å². The molecule has 2 nitrogen and oxygen atoms in total. The van der Waals surface area contributed by atoms with Crippen LogP contribution in [-0.2, 0) is 12.6 Å². The van der Waals surface area contributed by atoms with Crippen LogP contribution >= 0.6 is 34.0 Å². The maximum absolute atomic E-state index is 13.5. The van der Waals surface area contributed by atoms with Crippen LogP contribution in [0.2, 0.25) is 0 Å². The molecule has 0 aliphatic heterocycles. The fraction of sp³-hybridized carbons (Fsp3) is 0.208. The average molecular weight is 510 g/mol. The molecule has 3 aromatic heterocycles. The van der Waals surface area contributed by atoms with E-state index in [-0.39, 0.29) is 5.56 Å². The van der Waals surface area contributed by atoms with E-state index in [0.717, 1.165) is 18.9 Å². The molecule has 1 amide bonds. The number of unbranched alkanes of at least 4 members (excludes halogenated alkanes) is 1. The second-order valence-electron chi connectivity index (χ2n) is 7.35. The lowest BCUT2D eigenvalue weighted by Gasteiger charge is -2.10. The normalized spacial score (nSPS) is 11.6. The van der Waals surface area contributed by atoms with Gasteiger partial charge in [0.15, 0.2) is 0 Å². The molecule has 0 fully saturated rings. The molecule has 0 spiro atoms. The Morgan fingerprint density at radius 2 is 1.61 bits per heavy atom. The molecule has 0 aliphatic carbocycles. The SMILES string of the molecule is O=C(NCCCCc1ccc(-c2ccc(-c3cccs3)s2)s1)c1cc(F)cc(C(F)(F)F)c1. The van der Waals surface area contributed by atoms with E-state index in [2.05, 4.69) is 41.0 Å². The molecule has 1 N–H and O–H groups in total. The zero-order valence-corrected chi connectivity index (χ0v) is 19.7. The minimum Gasteiger partial charge on any atom is -0.352 e. The average Bonchev–Trinajstić information content (AvgIpc) is 3.53. The molecule has 1 aromatic carbocycles. The second-order valence-corrected chi connectivity index (χ2v) is 10.5. The van der Waals surface area contributed by atoms with Gasteiger partial charge in [-0.25, -0.2) is 4.39 Å². The number of aryl methyl sites for hydroxylation is 1. The van der Waals surface area contributed by atoms with Crippen molar-refractivity contribution in [3.63, 3.8) is 0 Å². The molecule has 4 rings (SSSR count). The number of hydrogen-bond donors (Lipinski definition) is 1. The maximum atomic E-state index is 13.5. The number of alkyl halides is 3. The zero-order valence-electron chi connectivity index (χ0n) is 17.2. The summed E-state index contributed by atoms with van der Waals surface area (Å²) in [6, 6.07) is 14.5. The third-order valence-electron chi connectivity index (χ3n) is 4.90. The Morgan fingerprint density at radius 1 is 0.879 bits per heavy atom. The third-order valence-corrected chi connectivity index (χ3v) is 8.39. The lowest BCUT2D eigenvalue weighted by atomic mass is 10.1. The van der Waals surface area contributed by atoms with Crippen molar-refractivity contribution in [3.8, 4) is 19.5 Å². The highest BCUT2D eigenvalue weighted by Gasteiger charge is 2.32. The molecule has 3 heterocycles.